The van der Waals surface area contributed by atoms with Gasteiger partial charge in [0.05, 0.1) is 23.0 Å². The molecule has 1 heterocycles. The number of ether oxygens (including phenoxy) is 1. The van der Waals surface area contributed by atoms with Crippen LogP contribution in [0.3, 0.4) is 0 Å². The molecule has 0 bridgehead atoms. The number of carbonyl (C=O) groups excluding carboxylic acids is 2. The van der Waals surface area contributed by atoms with E-state index in [0.29, 0.717) is 11.3 Å². The fourth-order valence-electron chi connectivity index (χ4n) is 3.94. The molecule has 8 heteroatoms. The molecule has 1 aliphatic rings. The van der Waals surface area contributed by atoms with Gasteiger partial charge in [-0.25, -0.2) is 13.9 Å². The van der Waals surface area contributed by atoms with Crippen LogP contribution in [0.5, 0.6) is 0 Å². The number of benzene rings is 1. The highest BCUT2D eigenvalue weighted by atomic mass is 19.1. The van der Waals surface area contributed by atoms with E-state index in [4.69, 9.17) is 4.74 Å². The molecular formula is C23H31FN4O3. The Bertz CT molecular complexity index is 943. The van der Waals surface area contributed by atoms with Crippen molar-refractivity contribution < 1.29 is 18.7 Å². The van der Waals surface area contributed by atoms with Crippen LogP contribution in [0, 0.1) is 12.7 Å². The predicted octanol–water partition coefficient (Wildman–Crippen LogP) is 4.28. The van der Waals surface area contributed by atoms with Crippen molar-refractivity contribution in [3.05, 3.63) is 47.5 Å². The molecule has 31 heavy (non-hydrogen) atoms. The smallest absolute Gasteiger partial charge is 0.408 e. The van der Waals surface area contributed by atoms with Crippen LogP contribution in [0.2, 0.25) is 0 Å². The lowest BCUT2D eigenvalue weighted by Crippen LogP contribution is -2.57. The third-order valence-corrected chi connectivity index (χ3v) is 5.50. The normalized spacial score (nSPS) is 15.9. The number of hydrogen-bond donors (Lipinski definition) is 2. The molecule has 1 aromatic heterocycles. The van der Waals surface area contributed by atoms with Crippen LogP contribution in [0.1, 0.15) is 68.9 Å². The molecule has 3 rings (SSSR count). The molecule has 1 saturated carbocycles. The Hall–Kier alpha value is -2.90. The number of amides is 2. The van der Waals surface area contributed by atoms with Gasteiger partial charge in [0, 0.05) is 6.54 Å². The summed E-state index contributed by atoms with van der Waals surface area (Å²) in [7, 11) is 0. The Morgan fingerprint density at radius 3 is 2.52 bits per heavy atom. The number of hydrogen-bond acceptors (Lipinski definition) is 4. The van der Waals surface area contributed by atoms with E-state index in [0.717, 1.165) is 32.1 Å². The highest BCUT2D eigenvalue weighted by Gasteiger charge is 2.35. The van der Waals surface area contributed by atoms with Crippen LogP contribution in [0.4, 0.5) is 9.18 Å². The zero-order chi connectivity index (χ0) is 22.6. The Morgan fingerprint density at radius 2 is 1.87 bits per heavy atom. The first-order chi connectivity index (χ1) is 14.6. The average Bonchev–Trinajstić information content (AvgIpc) is 3.07. The van der Waals surface area contributed by atoms with Crippen molar-refractivity contribution in [1.82, 2.24) is 20.4 Å². The molecule has 2 N–H and O–H groups in total. The van der Waals surface area contributed by atoms with Crippen LogP contribution in [-0.4, -0.2) is 39.5 Å². The third-order valence-electron chi connectivity index (χ3n) is 5.50. The molecule has 0 unspecified atom stereocenters. The largest absolute Gasteiger partial charge is 0.444 e. The van der Waals surface area contributed by atoms with Crippen molar-refractivity contribution in [2.24, 2.45) is 0 Å². The van der Waals surface area contributed by atoms with E-state index in [1.165, 1.54) is 16.9 Å². The van der Waals surface area contributed by atoms with Gasteiger partial charge in [-0.1, -0.05) is 31.4 Å². The monoisotopic (exact) mass is 430 g/mol. The molecule has 0 spiro atoms. The molecule has 2 amide bonds. The van der Waals surface area contributed by atoms with Gasteiger partial charge in [0.2, 0.25) is 0 Å². The molecule has 0 aliphatic heterocycles. The maximum Gasteiger partial charge on any atom is 0.408 e. The minimum Gasteiger partial charge on any atom is -0.444 e. The number of alkyl carbamates (subject to hydrolysis) is 1. The highest BCUT2D eigenvalue weighted by Crippen LogP contribution is 2.28. The number of halogens is 1. The van der Waals surface area contributed by atoms with Gasteiger partial charge in [-0.15, -0.1) is 0 Å². The van der Waals surface area contributed by atoms with E-state index in [1.807, 2.05) is 20.8 Å². The van der Waals surface area contributed by atoms with Crippen LogP contribution in [0.15, 0.2) is 30.5 Å². The molecule has 0 radical (unpaired) electrons. The second kappa shape index (κ2) is 9.08. The SMILES string of the molecule is Cc1c(C(=O)NCC2(NC(=O)OC(C)(C)C)CCCCC2)cnn1-c1ccccc1F. The Kier molecular flexibility index (Phi) is 6.67. The van der Waals surface area contributed by atoms with E-state index < -0.39 is 23.1 Å². The van der Waals surface area contributed by atoms with Crippen molar-refractivity contribution in [1.29, 1.82) is 0 Å². The first-order valence-electron chi connectivity index (χ1n) is 10.7. The summed E-state index contributed by atoms with van der Waals surface area (Å²) in [5, 5.41) is 10.1. The van der Waals surface area contributed by atoms with Crippen LogP contribution < -0.4 is 10.6 Å². The van der Waals surface area contributed by atoms with Crippen LogP contribution >= 0.6 is 0 Å². The number of carbonyl (C=O) groups is 2. The quantitative estimate of drug-likeness (QED) is 0.742. The van der Waals surface area contributed by atoms with E-state index in [1.54, 1.807) is 25.1 Å². The first kappa shape index (κ1) is 22.8. The number of nitrogens with one attached hydrogen (secondary N) is 2. The summed E-state index contributed by atoms with van der Waals surface area (Å²) in [5.74, 6) is -0.723. The zero-order valence-electron chi connectivity index (χ0n) is 18.6. The topological polar surface area (TPSA) is 85.2 Å². The van der Waals surface area contributed by atoms with Crippen molar-refractivity contribution >= 4 is 12.0 Å². The number of para-hydroxylation sites is 1. The molecule has 1 aliphatic carbocycles. The first-order valence-corrected chi connectivity index (χ1v) is 10.7. The molecule has 2 aromatic rings. The minimum atomic E-state index is -0.596. The summed E-state index contributed by atoms with van der Waals surface area (Å²) >= 11 is 0. The highest BCUT2D eigenvalue weighted by molar-refractivity contribution is 5.95. The maximum atomic E-state index is 14.1. The lowest BCUT2D eigenvalue weighted by molar-refractivity contribution is 0.0419. The molecule has 168 valence electrons. The van der Waals surface area contributed by atoms with Gasteiger partial charge in [0.1, 0.15) is 17.1 Å². The summed E-state index contributed by atoms with van der Waals surface area (Å²) in [6, 6.07) is 6.28. The zero-order valence-corrected chi connectivity index (χ0v) is 18.6. The average molecular weight is 431 g/mol. The molecule has 0 saturated heterocycles. The maximum absolute atomic E-state index is 14.1. The lowest BCUT2D eigenvalue weighted by atomic mass is 9.81. The van der Waals surface area contributed by atoms with E-state index in [-0.39, 0.29) is 18.1 Å². The fourth-order valence-corrected chi connectivity index (χ4v) is 3.94. The summed E-state index contributed by atoms with van der Waals surface area (Å²) in [5.41, 5.74) is 0.0501. The van der Waals surface area contributed by atoms with E-state index >= 15 is 0 Å². The van der Waals surface area contributed by atoms with Gasteiger partial charge in [0.25, 0.3) is 5.91 Å². The Morgan fingerprint density at radius 1 is 1.19 bits per heavy atom. The fraction of sp³-hybridized carbons (Fsp3) is 0.522. The van der Waals surface area contributed by atoms with Crippen molar-refractivity contribution in [3.63, 3.8) is 0 Å². The number of aromatic nitrogens is 2. The van der Waals surface area contributed by atoms with Gasteiger partial charge in [0.15, 0.2) is 0 Å². The second-order valence-electron chi connectivity index (χ2n) is 9.16. The van der Waals surface area contributed by atoms with E-state index in [9.17, 15) is 14.0 Å². The Balaban J connectivity index is 1.72. The minimum absolute atomic E-state index is 0.286. The van der Waals surface area contributed by atoms with Crippen molar-refractivity contribution in [2.75, 3.05) is 6.54 Å². The summed E-state index contributed by atoms with van der Waals surface area (Å²) in [6.07, 6.45) is 5.52. The van der Waals surface area contributed by atoms with Crippen LogP contribution in [-0.2, 0) is 4.74 Å². The van der Waals surface area contributed by atoms with Gasteiger partial charge >= 0.3 is 6.09 Å². The Labute approximate surface area is 182 Å². The molecule has 1 fully saturated rings. The van der Waals surface area contributed by atoms with Crippen LogP contribution in [0.25, 0.3) is 5.69 Å². The third kappa shape index (κ3) is 5.62. The van der Waals surface area contributed by atoms with Crippen molar-refractivity contribution in [2.45, 2.75) is 70.9 Å². The summed E-state index contributed by atoms with van der Waals surface area (Å²) in [4.78, 5) is 25.3. The van der Waals surface area contributed by atoms with Gasteiger partial charge in [-0.3, -0.25) is 4.79 Å². The molecule has 7 nitrogen and oxygen atoms in total. The van der Waals surface area contributed by atoms with Gasteiger partial charge < -0.3 is 15.4 Å². The summed E-state index contributed by atoms with van der Waals surface area (Å²) < 4.78 is 21.0. The number of rotatable bonds is 5. The molecule has 1 aromatic carbocycles. The lowest BCUT2D eigenvalue weighted by Gasteiger charge is -2.38. The van der Waals surface area contributed by atoms with E-state index in [2.05, 4.69) is 15.7 Å². The van der Waals surface area contributed by atoms with Gasteiger partial charge in [-0.05, 0) is 52.7 Å². The molecule has 0 atom stereocenters. The number of nitrogens with zero attached hydrogens (tertiary/aromatic N) is 2. The predicted molar refractivity (Wildman–Crippen MR) is 116 cm³/mol. The second-order valence-corrected chi connectivity index (χ2v) is 9.16. The molecular weight excluding hydrogens is 399 g/mol. The standard InChI is InChI=1S/C23H31FN4O3/c1-16-17(14-26-28(16)19-11-7-6-10-18(19)24)20(29)25-15-23(12-8-5-9-13-23)27-21(30)31-22(2,3)4/h6-7,10-11,14H,5,8-9,12-13,15H2,1-4H3,(H,25,29)(H,27,30). The summed E-state index contributed by atoms with van der Waals surface area (Å²) in [6.45, 7) is 7.47. The van der Waals surface area contributed by atoms with Crippen molar-refractivity contribution in [3.8, 4) is 5.69 Å². The van der Waals surface area contributed by atoms with Gasteiger partial charge in [-0.2, -0.15) is 5.10 Å².